The number of hydrogen-bond donors (Lipinski definition) is 2. The van der Waals surface area contributed by atoms with Crippen LogP contribution in [0.4, 0.5) is 0 Å². The topological polar surface area (TPSA) is 57.5 Å². The number of benzene rings is 1. The Kier molecular flexibility index (Phi) is 1.77. The van der Waals surface area contributed by atoms with Gasteiger partial charge in [-0.1, -0.05) is 12.1 Å². The Bertz CT molecular complexity index is 392. The molecule has 0 unspecified atom stereocenters. The van der Waals surface area contributed by atoms with Gasteiger partial charge in [0.25, 0.3) is 0 Å². The molecule has 14 heavy (non-hydrogen) atoms. The molecule has 74 valence electrons. The summed E-state index contributed by atoms with van der Waals surface area (Å²) < 4.78 is 0. The highest BCUT2D eigenvalue weighted by Gasteiger charge is 2.50. The fourth-order valence-corrected chi connectivity index (χ4v) is 1.85. The van der Waals surface area contributed by atoms with Crippen molar-refractivity contribution in [1.29, 1.82) is 0 Å². The standard InChI is InChI=1S/C11H12O3/c1-7(12)11(5-6-11)8-3-2-4-9(13)10(8)14/h2-4,13-14H,5-6H2,1H3. The van der Waals surface area contributed by atoms with E-state index in [0.29, 0.717) is 5.56 Å². The zero-order valence-electron chi connectivity index (χ0n) is 7.95. The molecule has 1 aliphatic carbocycles. The molecule has 0 aromatic heterocycles. The number of para-hydroxylation sites is 1. The molecule has 0 atom stereocenters. The second-order valence-electron chi connectivity index (χ2n) is 3.81. The number of rotatable bonds is 2. The first-order valence-electron chi connectivity index (χ1n) is 4.60. The second kappa shape index (κ2) is 2.74. The van der Waals surface area contributed by atoms with Crippen LogP contribution in [0, 0.1) is 0 Å². The molecule has 0 spiro atoms. The molecule has 3 heteroatoms. The molecular formula is C11H12O3. The van der Waals surface area contributed by atoms with Gasteiger partial charge in [0.2, 0.25) is 0 Å². The molecule has 1 aliphatic rings. The molecule has 1 saturated carbocycles. The minimum Gasteiger partial charge on any atom is -0.504 e. The lowest BCUT2D eigenvalue weighted by atomic mass is 9.91. The second-order valence-corrected chi connectivity index (χ2v) is 3.81. The van der Waals surface area contributed by atoms with Gasteiger partial charge in [0.05, 0.1) is 5.41 Å². The minimum absolute atomic E-state index is 0.0541. The van der Waals surface area contributed by atoms with Crippen molar-refractivity contribution in [3.63, 3.8) is 0 Å². The average molecular weight is 192 g/mol. The Morgan fingerprint density at radius 3 is 2.50 bits per heavy atom. The molecular weight excluding hydrogens is 180 g/mol. The summed E-state index contributed by atoms with van der Waals surface area (Å²) >= 11 is 0. The van der Waals surface area contributed by atoms with Gasteiger partial charge in [-0.25, -0.2) is 0 Å². The first kappa shape index (κ1) is 9.06. The smallest absolute Gasteiger partial charge is 0.161 e. The zero-order valence-corrected chi connectivity index (χ0v) is 7.95. The maximum atomic E-state index is 11.4. The Morgan fingerprint density at radius 1 is 1.36 bits per heavy atom. The monoisotopic (exact) mass is 192 g/mol. The van der Waals surface area contributed by atoms with Crippen LogP contribution in [0.2, 0.25) is 0 Å². The van der Waals surface area contributed by atoms with E-state index >= 15 is 0 Å². The molecule has 1 aromatic rings. The van der Waals surface area contributed by atoms with Crippen LogP contribution < -0.4 is 0 Å². The summed E-state index contributed by atoms with van der Waals surface area (Å²) in [6, 6.07) is 4.76. The van der Waals surface area contributed by atoms with Crippen LogP contribution in [0.25, 0.3) is 0 Å². The Balaban J connectivity index is 2.52. The molecule has 0 saturated heterocycles. The summed E-state index contributed by atoms with van der Waals surface area (Å²) in [4.78, 5) is 11.4. The maximum Gasteiger partial charge on any atom is 0.161 e. The normalized spacial score (nSPS) is 17.8. The van der Waals surface area contributed by atoms with Gasteiger partial charge in [-0.2, -0.15) is 0 Å². The number of hydrogen-bond acceptors (Lipinski definition) is 3. The van der Waals surface area contributed by atoms with Crippen molar-refractivity contribution < 1.29 is 15.0 Å². The summed E-state index contributed by atoms with van der Waals surface area (Å²) in [6.07, 6.45) is 1.53. The lowest BCUT2D eigenvalue weighted by molar-refractivity contribution is -0.119. The number of phenols is 2. The third-order valence-electron chi connectivity index (χ3n) is 2.95. The summed E-state index contributed by atoms with van der Waals surface area (Å²) in [6.45, 7) is 1.52. The van der Waals surface area contributed by atoms with Crippen molar-refractivity contribution >= 4 is 5.78 Å². The van der Waals surface area contributed by atoms with Crippen molar-refractivity contribution in [3.8, 4) is 11.5 Å². The summed E-state index contributed by atoms with van der Waals surface area (Å²) in [5.74, 6) is -0.256. The van der Waals surface area contributed by atoms with Crippen molar-refractivity contribution in [2.75, 3.05) is 0 Å². The number of phenolic OH excluding ortho intramolecular Hbond substituents is 2. The van der Waals surface area contributed by atoms with Gasteiger partial charge in [-0.15, -0.1) is 0 Å². The summed E-state index contributed by atoms with van der Waals surface area (Å²) in [5, 5.41) is 18.9. The predicted molar refractivity (Wildman–Crippen MR) is 51.4 cm³/mol. The first-order chi connectivity index (χ1) is 6.58. The van der Waals surface area contributed by atoms with Crippen LogP contribution in [-0.2, 0) is 10.2 Å². The lowest BCUT2D eigenvalue weighted by Crippen LogP contribution is -2.16. The molecule has 2 N–H and O–H groups in total. The fourth-order valence-electron chi connectivity index (χ4n) is 1.85. The van der Waals surface area contributed by atoms with Gasteiger partial charge < -0.3 is 10.2 Å². The third-order valence-corrected chi connectivity index (χ3v) is 2.95. The molecule has 0 aliphatic heterocycles. The van der Waals surface area contributed by atoms with E-state index in [-0.39, 0.29) is 17.3 Å². The SMILES string of the molecule is CC(=O)C1(c2cccc(O)c2O)CC1. The molecule has 0 radical (unpaired) electrons. The van der Waals surface area contributed by atoms with Crippen molar-refractivity contribution in [2.45, 2.75) is 25.2 Å². The highest BCUT2D eigenvalue weighted by atomic mass is 16.3. The van der Waals surface area contributed by atoms with Crippen LogP contribution in [0.3, 0.4) is 0 Å². The van der Waals surface area contributed by atoms with Crippen molar-refractivity contribution in [2.24, 2.45) is 0 Å². The van der Waals surface area contributed by atoms with E-state index in [1.807, 2.05) is 0 Å². The number of carbonyl (C=O) groups is 1. The maximum absolute atomic E-state index is 11.4. The van der Waals surface area contributed by atoms with E-state index in [0.717, 1.165) is 12.8 Å². The highest BCUT2D eigenvalue weighted by Crippen LogP contribution is 2.53. The Labute approximate surface area is 82.0 Å². The van der Waals surface area contributed by atoms with Crippen molar-refractivity contribution in [3.05, 3.63) is 23.8 Å². The molecule has 3 nitrogen and oxygen atoms in total. The lowest BCUT2D eigenvalue weighted by Gasteiger charge is -2.13. The van der Waals surface area contributed by atoms with Gasteiger partial charge in [0, 0.05) is 5.56 Å². The van der Waals surface area contributed by atoms with Crippen LogP contribution >= 0.6 is 0 Å². The Morgan fingerprint density at radius 2 is 2.00 bits per heavy atom. The van der Waals surface area contributed by atoms with Gasteiger partial charge in [0.1, 0.15) is 5.78 Å². The van der Waals surface area contributed by atoms with Crippen LogP contribution in [-0.4, -0.2) is 16.0 Å². The molecule has 0 bridgehead atoms. The van der Waals surface area contributed by atoms with Gasteiger partial charge in [0.15, 0.2) is 11.5 Å². The van der Waals surface area contributed by atoms with Gasteiger partial charge in [-0.3, -0.25) is 4.79 Å². The quantitative estimate of drug-likeness (QED) is 0.701. The first-order valence-corrected chi connectivity index (χ1v) is 4.60. The van der Waals surface area contributed by atoms with E-state index in [2.05, 4.69) is 0 Å². The number of carbonyl (C=O) groups excluding carboxylic acids is 1. The molecule has 0 heterocycles. The Hall–Kier alpha value is -1.51. The molecule has 1 aromatic carbocycles. The highest BCUT2D eigenvalue weighted by molar-refractivity contribution is 5.92. The summed E-state index contributed by atoms with van der Waals surface area (Å²) in [7, 11) is 0. The van der Waals surface area contributed by atoms with E-state index < -0.39 is 5.41 Å². The van der Waals surface area contributed by atoms with Crippen LogP contribution in [0.5, 0.6) is 11.5 Å². The third kappa shape index (κ3) is 1.09. The van der Waals surface area contributed by atoms with E-state index in [9.17, 15) is 15.0 Å². The van der Waals surface area contributed by atoms with E-state index in [4.69, 9.17) is 0 Å². The van der Waals surface area contributed by atoms with Crippen LogP contribution in [0.1, 0.15) is 25.3 Å². The fraction of sp³-hybridized carbons (Fsp3) is 0.364. The van der Waals surface area contributed by atoms with E-state index in [1.165, 1.54) is 13.0 Å². The zero-order chi connectivity index (χ0) is 10.3. The number of aromatic hydroxyl groups is 2. The number of ketones is 1. The molecule has 1 fully saturated rings. The van der Waals surface area contributed by atoms with Gasteiger partial charge in [-0.05, 0) is 25.8 Å². The van der Waals surface area contributed by atoms with Crippen molar-refractivity contribution in [1.82, 2.24) is 0 Å². The largest absolute Gasteiger partial charge is 0.504 e. The number of Topliss-reactive ketones (excluding diaryl/α,β-unsaturated/α-hetero) is 1. The summed E-state index contributed by atoms with van der Waals surface area (Å²) in [5.41, 5.74) is 0.0352. The van der Waals surface area contributed by atoms with E-state index in [1.54, 1.807) is 12.1 Å². The molecule has 0 amide bonds. The average Bonchev–Trinajstić information content (AvgIpc) is 2.90. The van der Waals surface area contributed by atoms with Crippen LogP contribution in [0.15, 0.2) is 18.2 Å². The predicted octanol–water partition coefficient (Wildman–Crippen LogP) is 1.72. The minimum atomic E-state index is -0.525. The van der Waals surface area contributed by atoms with Gasteiger partial charge >= 0.3 is 0 Å². The molecule has 2 rings (SSSR count).